The van der Waals surface area contributed by atoms with E-state index in [0.717, 1.165) is 21.9 Å². The normalized spacial score (nSPS) is 11.0. The minimum atomic E-state index is -0.493. The molecule has 0 aliphatic rings. The Kier molecular flexibility index (Phi) is 4.36. The van der Waals surface area contributed by atoms with Gasteiger partial charge in [0, 0.05) is 26.9 Å². The zero-order valence-electron chi connectivity index (χ0n) is 13.3. The first-order valence-corrected chi connectivity index (χ1v) is 7.85. The summed E-state index contributed by atoms with van der Waals surface area (Å²) in [5.74, 6) is -0.00164. The van der Waals surface area contributed by atoms with E-state index in [4.69, 9.17) is 22.1 Å². The van der Waals surface area contributed by atoms with Gasteiger partial charge in [0.25, 0.3) is 0 Å². The molecule has 0 fully saturated rings. The topological polar surface area (TPSA) is 78.1 Å². The van der Waals surface area contributed by atoms with E-state index >= 15 is 0 Å². The highest BCUT2D eigenvalue weighted by molar-refractivity contribution is 6.33. The maximum absolute atomic E-state index is 11.4. The summed E-state index contributed by atoms with van der Waals surface area (Å²) in [7, 11) is 0. The van der Waals surface area contributed by atoms with Crippen molar-refractivity contribution < 1.29 is 9.53 Å². The lowest BCUT2D eigenvalue weighted by atomic mass is 10.0. The molecule has 1 aromatic heterocycles. The molecule has 0 aliphatic heterocycles. The Morgan fingerprint density at radius 3 is 2.71 bits per heavy atom. The molecule has 3 aromatic rings. The summed E-state index contributed by atoms with van der Waals surface area (Å²) >= 11 is 6.28. The number of halogens is 1. The molecular formula is C18H16ClN3O2. The molecule has 2 aromatic carbocycles. The van der Waals surface area contributed by atoms with Gasteiger partial charge in [0.1, 0.15) is 0 Å². The Morgan fingerprint density at radius 2 is 2.00 bits per heavy atom. The van der Waals surface area contributed by atoms with Crippen LogP contribution in [0.2, 0.25) is 5.02 Å². The van der Waals surface area contributed by atoms with Crippen molar-refractivity contribution in [2.45, 2.75) is 20.0 Å². The van der Waals surface area contributed by atoms with Gasteiger partial charge in [-0.1, -0.05) is 17.7 Å². The van der Waals surface area contributed by atoms with Crippen molar-refractivity contribution >= 4 is 28.3 Å². The van der Waals surface area contributed by atoms with Gasteiger partial charge >= 0.3 is 0 Å². The van der Waals surface area contributed by atoms with Gasteiger partial charge in [-0.3, -0.25) is 4.79 Å². The lowest BCUT2D eigenvalue weighted by molar-refractivity contribution is 0.100. The molecule has 1 amide bonds. The SMILES string of the molecule is CC(C)Oc1nncc2cc(-c3cc(C(N)=O)ccc3Cl)ccc12. The van der Waals surface area contributed by atoms with Crippen molar-refractivity contribution in [3.05, 3.63) is 53.2 Å². The van der Waals surface area contributed by atoms with Crippen LogP contribution in [0, 0.1) is 0 Å². The summed E-state index contributed by atoms with van der Waals surface area (Å²) in [5.41, 5.74) is 7.35. The fourth-order valence-electron chi connectivity index (χ4n) is 2.44. The van der Waals surface area contributed by atoms with Crippen molar-refractivity contribution in [2.75, 3.05) is 0 Å². The number of amides is 1. The Morgan fingerprint density at radius 1 is 1.21 bits per heavy atom. The Labute approximate surface area is 144 Å². The van der Waals surface area contributed by atoms with Gasteiger partial charge in [0.05, 0.1) is 12.3 Å². The highest BCUT2D eigenvalue weighted by Crippen LogP contribution is 2.32. The monoisotopic (exact) mass is 341 g/mol. The number of aromatic nitrogens is 2. The van der Waals surface area contributed by atoms with Crippen molar-refractivity contribution in [2.24, 2.45) is 5.73 Å². The van der Waals surface area contributed by atoms with Crippen LogP contribution in [0.25, 0.3) is 21.9 Å². The van der Waals surface area contributed by atoms with E-state index in [-0.39, 0.29) is 6.10 Å². The summed E-state index contributed by atoms with van der Waals surface area (Å²) in [5, 5.41) is 10.3. The number of nitrogens with two attached hydrogens (primary N) is 1. The van der Waals surface area contributed by atoms with Gasteiger partial charge in [-0.05, 0) is 49.7 Å². The lowest BCUT2D eigenvalue weighted by Crippen LogP contribution is -2.10. The number of carbonyl (C=O) groups excluding carboxylic acids is 1. The van der Waals surface area contributed by atoms with E-state index in [1.807, 2.05) is 32.0 Å². The number of primary amides is 1. The maximum atomic E-state index is 11.4. The molecule has 0 saturated heterocycles. The molecular weight excluding hydrogens is 326 g/mol. The van der Waals surface area contributed by atoms with Gasteiger partial charge in [-0.2, -0.15) is 5.10 Å². The van der Waals surface area contributed by atoms with Gasteiger partial charge in [-0.15, -0.1) is 5.10 Å². The maximum Gasteiger partial charge on any atom is 0.248 e. The third kappa shape index (κ3) is 3.16. The van der Waals surface area contributed by atoms with Crippen LogP contribution in [0.3, 0.4) is 0 Å². The van der Waals surface area contributed by atoms with E-state index in [0.29, 0.717) is 16.5 Å². The van der Waals surface area contributed by atoms with Gasteiger partial charge in [-0.25, -0.2) is 0 Å². The second kappa shape index (κ2) is 6.45. The quantitative estimate of drug-likeness (QED) is 0.782. The average molecular weight is 342 g/mol. The Balaban J connectivity index is 2.12. The first kappa shape index (κ1) is 16.2. The standard InChI is InChI=1S/C18H16ClN3O2/c1-10(2)24-18-14-5-3-11(7-13(14)9-21-22-18)15-8-12(17(20)23)4-6-16(15)19/h3-10H,1-2H3,(H2,20,23). The predicted octanol–water partition coefficient (Wildman–Crippen LogP) is 3.84. The largest absolute Gasteiger partial charge is 0.473 e. The minimum absolute atomic E-state index is 0.00580. The second-order valence-electron chi connectivity index (χ2n) is 5.68. The number of benzene rings is 2. The molecule has 0 spiro atoms. The van der Waals surface area contributed by atoms with Crippen LogP contribution in [0.1, 0.15) is 24.2 Å². The van der Waals surface area contributed by atoms with Crippen LogP contribution >= 0.6 is 11.6 Å². The zero-order valence-corrected chi connectivity index (χ0v) is 14.0. The van der Waals surface area contributed by atoms with Crippen molar-refractivity contribution in [1.29, 1.82) is 0 Å². The predicted molar refractivity (Wildman–Crippen MR) is 94.3 cm³/mol. The van der Waals surface area contributed by atoms with Crippen LogP contribution < -0.4 is 10.5 Å². The molecule has 6 heteroatoms. The number of hydrogen-bond acceptors (Lipinski definition) is 4. The summed E-state index contributed by atoms with van der Waals surface area (Å²) in [4.78, 5) is 11.4. The van der Waals surface area contributed by atoms with Gasteiger partial charge < -0.3 is 10.5 Å². The molecule has 122 valence electrons. The first-order chi connectivity index (χ1) is 11.5. The zero-order chi connectivity index (χ0) is 17.3. The molecule has 0 radical (unpaired) electrons. The molecule has 1 heterocycles. The summed E-state index contributed by atoms with van der Waals surface area (Å²) in [6, 6.07) is 10.7. The van der Waals surface area contributed by atoms with Crippen LogP contribution in [-0.4, -0.2) is 22.2 Å². The van der Waals surface area contributed by atoms with Gasteiger partial charge in [0.2, 0.25) is 11.8 Å². The number of nitrogens with zero attached hydrogens (tertiary/aromatic N) is 2. The summed E-state index contributed by atoms with van der Waals surface area (Å²) in [6.45, 7) is 3.87. The van der Waals surface area contributed by atoms with Crippen LogP contribution in [0.5, 0.6) is 5.88 Å². The molecule has 24 heavy (non-hydrogen) atoms. The Hall–Kier alpha value is -2.66. The summed E-state index contributed by atoms with van der Waals surface area (Å²) in [6.07, 6.45) is 1.67. The minimum Gasteiger partial charge on any atom is -0.473 e. The van der Waals surface area contributed by atoms with E-state index in [2.05, 4.69) is 10.2 Å². The third-order valence-electron chi connectivity index (χ3n) is 3.54. The molecule has 0 aliphatic carbocycles. The van der Waals surface area contributed by atoms with Crippen molar-refractivity contribution in [3.63, 3.8) is 0 Å². The highest BCUT2D eigenvalue weighted by Gasteiger charge is 2.11. The molecule has 0 saturated carbocycles. The average Bonchev–Trinajstić information content (AvgIpc) is 2.54. The smallest absolute Gasteiger partial charge is 0.248 e. The Bertz CT molecular complexity index is 925. The van der Waals surface area contributed by atoms with Crippen LogP contribution in [0.15, 0.2) is 42.6 Å². The van der Waals surface area contributed by atoms with E-state index in [9.17, 15) is 4.79 Å². The number of hydrogen-bond donors (Lipinski definition) is 1. The van der Waals surface area contributed by atoms with E-state index in [1.54, 1.807) is 24.4 Å². The molecule has 0 atom stereocenters. The van der Waals surface area contributed by atoms with E-state index in [1.165, 1.54) is 0 Å². The summed E-state index contributed by atoms with van der Waals surface area (Å²) < 4.78 is 5.69. The van der Waals surface area contributed by atoms with Crippen molar-refractivity contribution in [1.82, 2.24) is 10.2 Å². The third-order valence-corrected chi connectivity index (χ3v) is 3.87. The lowest BCUT2D eigenvalue weighted by Gasteiger charge is -2.12. The molecule has 0 bridgehead atoms. The fourth-order valence-corrected chi connectivity index (χ4v) is 2.67. The van der Waals surface area contributed by atoms with Crippen LogP contribution in [0.4, 0.5) is 0 Å². The number of fused-ring (bicyclic) bond motifs is 1. The fraction of sp³-hybridized carbons (Fsp3) is 0.167. The number of ether oxygens (including phenoxy) is 1. The van der Waals surface area contributed by atoms with Crippen LogP contribution in [-0.2, 0) is 0 Å². The van der Waals surface area contributed by atoms with E-state index < -0.39 is 5.91 Å². The molecule has 5 nitrogen and oxygen atoms in total. The molecule has 3 rings (SSSR count). The number of carbonyl (C=O) groups is 1. The molecule has 0 unspecified atom stereocenters. The highest BCUT2D eigenvalue weighted by atomic mass is 35.5. The van der Waals surface area contributed by atoms with Gasteiger partial charge in [0.15, 0.2) is 0 Å². The van der Waals surface area contributed by atoms with Crippen molar-refractivity contribution in [3.8, 4) is 17.0 Å². The number of rotatable bonds is 4. The second-order valence-corrected chi connectivity index (χ2v) is 6.08. The first-order valence-electron chi connectivity index (χ1n) is 7.47. The molecule has 2 N–H and O–H groups in total.